The van der Waals surface area contributed by atoms with Gasteiger partial charge in [-0.15, -0.1) is 10.2 Å². The molecule has 0 saturated carbocycles. The Kier molecular flexibility index (Phi) is 5.40. The van der Waals surface area contributed by atoms with Gasteiger partial charge in [-0.3, -0.25) is 4.79 Å². The molecule has 120 valence electrons. The van der Waals surface area contributed by atoms with Gasteiger partial charge in [-0.25, -0.2) is 0 Å². The minimum Gasteiger partial charge on any atom is -0.411 e. The van der Waals surface area contributed by atoms with E-state index in [-0.39, 0.29) is 17.6 Å². The SMILES string of the molecule is CC(C)[C@](C)(C#N)NC(=O)CSc1nnc(-c2ccccc2)o1. The lowest BCUT2D eigenvalue weighted by Gasteiger charge is -2.27. The minimum atomic E-state index is -0.887. The number of hydrogen-bond donors (Lipinski definition) is 1. The molecule has 2 rings (SSSR count). The number of carbonyl (C=O) groups is 1. The lowest BCUT2D eigenvalue weighted by atomic mass is 9.90. The molecule has 0 unspecified atom stereocenters. The molecule has 1 aromatic carbocycles. The fourth-order valence-corrected chi connectivity index (χ4v) is 2.28. The van der Waals surface area contributed by atoms with Crippen molar-refractivity contribution in [2.45, 2.75) is 31.5 Å². The molecule has 0 aliphatic rings. The Hall–Kier alpha value is -2.33. The summed E-state index contributed by atoms with van der Waals surface area (Å²) < 4.78 is 5.52. The number of hydrogen-bond acceptors (Lipinski definition) is 6. The first-order valence-electron chi connectivity index (χ1n) is 7.18. The number of thioether (sulfide) groups is 1. The molecule has 6 nitrogen and oxygen atoms in total. The third-order valence-electron chi connectivity index (χ3n) is 3.54. The lowest BCUT2D eigenvalue weighted by molar-refractivity contribution is -0.120. The molecule has 0 aliphatic carbocycles. The van der Waals surface area contributed by atoms with Crippen LogP contribution in [-0.4, -0.2) is 27.4 Å². The van der Waals surface area contributed by atoms with Crippen molar-refractivity contribution in [3.05, 3.63) is 30.3 Å². The number of benzene rings is 1. The summed E-state index contributed by atoms with van der Waals surface area (Å²) in [6.45, 7) is 5.49. The monoisotopic (exact) mass is 330 g/mol. The molecule has 0 bridgehead atoms. The van der Waals surface area contributed by atoms with Crippen LogP contribution in [0.5, 0.6) is 0 Å². The normalized spacial score (nSPS) is 13.3. The van der Waals surface area contributed by atoms with Gasteiger partial charge < -0.3 is 9.73 Å². The summed E-state index contributed by atoms with van der Waals surface area (Å²) in [5.74, 6) is 0.291. The highest BCUT2D eigenvalue weighted by atomic mass is 32.2. The summed E-state index contributed by atoms with van der Waals surface area (Å²) in [5.41, 5.74) is -0.0602. The van der Waals surface area contributed by atoms with E-state index in [1.165, 1.54) is 0 Å². The third-order valence-corrected chi connectivity index (χ3v) is 4.36. The molecular formula is C16H18N4O2S. The van der Waals surface area contributed by atoms with E-state index in [0.717, 1.165) is 17.3 Å². The Bertz CT molecular complexity index is 708. The van der Waals surface area contributed by atoms with E-state index < -0.39 is 5.54 Å². The summed E-state index contributed by atoms with van der Waals surface area (Å²) in [4.78, 5) is 12.0. The predicted octanol–water partition coefficient (Wildman–Crippen LogP) is 2.88. The molecule has 0 aliphatic heterocycles. The molecule has 1 aromatic heterocycles. The zero-order chi connectivity index (χ0) is 16.9. The highest BCUT2D eigenvalue weighted by Crippen LogP contribution is 2.23. The maximum absolute atomic E-state index is 12.0. The third kappa shape index (κ3) is 4.33. The smallest absolute Gasteiger partial charge is 0.277 e. The quantitative estimate of drug-likeness (QED) is 0.819. The van der Waals surface area contributed by atoms with Crippen LogP contribution in [0, 0.1) is 17.2 Å². The molecule has 0 spiro atoms. The van der Waals surface area contributed by atoms with E-state index >= 15 is 0 Å². The summed E-state index contributed by atoms with van der Waals surface area (Å²) in [6.07, 6.45) is 0. The van der Waals surface area contributed by atoms with Gasteiger partial charge in [-0.05, 0) is 25.0 Å². The molecule has 1 heterocycles. The highest BCUT2D eigenvalue weighted by Gasteiger charge is 2.30. The zero-order valence-corrected chi connectivity index (χ0v) is 14.1. The average molecular weight is 330 g/mol. The Labute approximate surface area is 139 Å². The number of rotatable bonds is 6. The molecule has 7 heteroatoms. The van der Waals surface area contributed by atoms with Crippen LogP contribution >= 0.6 is 11.8 Å². The van der Waals surface area contributed by atoms with Crippen molar-refractivity contribution >= 4 is 17.7 Å². The van der Waals surface area contributed by atoms with Crippen LogP contribution in [0.1, 0.15) is 20.8 Å². The van der Waals surface area contributed by atoms with Crippen LogP contribution in [0.25, 0.3) is 11.5 Å². The van der Waals surface area contributed by atoms with Crippen LogP contribution in [0.4, 0.5) is 0 Å². The molecule has 1 amide bonds. The lowest BCUT2D eigenvalue weighted by Crippen LogP contribution is -2.49. The fourth-order valence-electron chi connectivity index (χ4n) is 1.72. The van der Waals surface area contributed by atoms with Crippen molar-refractivity contribution in [1.82, 2.24) is 15.5 Å². The van der Waals surface area contributed by atoms with E-state index in [0.29, 0.717) is 11.1 Å². The van der Waals surface area contributed by atoms with Crippen molar-refractivity contribution < 1.29 is 9.21 Å². The number of amides is 1. The number of aromatic nitrogens is 2. The molecule has 1 atom stereocenters. The van der Waals surface area contributed by atoms with Gasteiger partial charge in [0, 0.05) is 5.56 Å². The van der Waals surface area contributed by atoms with Crippen LogP contribution in [-0.2, 0) is 4.79 Å². The molecule has 1 N–H and O–H groups in total. The first-order chi connectivity index (χ1) is 10.9. The van der Waals surface area contributed by atoms with Gasteiger partial charge in [-0.2, -0.15) is 5.26 Å². The van der Waals surface area contributed by atoms with Crippen molar-refractivity contribution in [1.29, 1.82) is 5.26 Å². The van der Waals surface area contributed by atoms with Crippen LogP contribution < -0.4 is 5.32 Å². The van der Waals surface area contributed by atoms with E-state index in [1.54, 1.807) is 6.92 Å². The summed E-state index contributed by atoms with van der Waals surface area (Å²) in [6, 6.07) is 11.6. The van der Waals surface area contributed by atoms with Crippen molar-refractivity contribution in [2.24, 2.45) is 5.92 Å². The second kappa shape index (κ2) is 7.29. The van der Waals surface area contributed by atoms with Crippen molar-refractivity contribution in [2.75, 3.05) is 5.75 Å². The topological polar surface area (TPSA) is 91.8 Å². The summed E-state index contributed by atoms with van der Waals surface area (Å²) in [5, 5.41) is 20.1. The first-order valence-corrected chi connectivity index (χ1v) is 8.17. The second-order valence-corrected chi connectivity index (χ2v) is 6.47. The van der Waals surface area contributed by atoms with E-state index in [1.807, 2.05) is 44.2 Å². The first kappa shape index (κ1) is 17.0. The molecule has 0 saturated heterocycles. The van der Waals surface area contributed by atoms with Gasteiger partial charge in [0.05, 0.1) is 11.8 Å². The Morgan fingerprint density at radius 2 is 2.09 bits per heavy atom. The van der Waals surface area contributed by atoms with Gasteiger partial charge in [0.25, 0.3) is 5.22 Å². The van der Waals surface area contributed by atoms with Crippen LogP contribution in [0.15, 0.2) is 40.0 Å². The molecule has 23 heavy (non-hydrogen) atoms. The molecular weight excluding hydrogens is 312 g/mol. The molecule has 0 fully saturated rings. The number of nitrogens with one attached hydrogen (secondary N) is 1. The fraction of sp³-hybridized carbons (Fsp3) is 0.375. The van der Waals surface area contributed by atoms with E-state index in [9.17, 15) is 10.1 Å². The second-order valence-electron chi connectivity index (χ2n) is 5.54. The maximum atomic E-state index is 12.0. The van der Waals surface area contributed by atoms with Crippen LogP contribution in [0.3, 0.4) is 0 Å². The standard InChI is InChI=1S/C16H18N4O2S/c1-11(2)16(3,10-17)18-13(21)9-23-15-20-19-14(22-15)12-7-5-4-6-8-12/h4-8,11H,9H2,1-3H3,(H,18,21)/t16-/m0/s1. The van der Waals surface area contributed by atoms with Gasteiger partial charge in [0.2, 0.25) is 11.8 Å². The Balaban J connectivity index is 1.93. The van der Waals surface area contributed by atoms with Crippen molar-refractivity contribution in [3.63, 3.8) is 0 Å². The van der Waals surface area contributed by atoms with Gasteiger partial charge in [0.1, 0.15) is 5.54 Å². The number of nitrogens with zero attached hydrogens (tertiary/aromatic N) is 3. The average Bonchev–Trinajstić information content (AvgIpc) is 3.02. The van der Waals surface area contributed by atoms with Gasteiger partial charge in [0.15, 0.2) is 0 Å². The Morgan fingerprint density at radius 3 is 2.70 bits per heavy atom. The van der Waals surface area contributed by atoms with E-state index in [2.05, 4.69) is 21.6 Å². The highest BCUT2D eigenvalue weighted by molar-refractivity contribution is 7.99. The van der Waals surface area contributed by atoms with Gasteiger partial charge >= 0.3 is 0 Å². The van der Waals surface area contributed by atoms with Crippen LogP contribution in [0.2, 0.25) is 0 Å². The van der Waals surface area contributed by atoms with Gasteiger partial charge in [-0.1, -0.05) is 43.8 Å². The van der Waals surface area contributed by atoms with E-state index in [4.69, 9.17) is 4.42 Å². The zero-order valence-electron chi connectivity index (χ0n) is 13.2. The largest absolute Gasteiger partial charge is 0.411 e. The van der Waals surface area contributed by atoms with Crippen molar-refractivity contribution in [3.8, 4) is 17.5 Å². The number of nitriles is 1. The summed E-state index contributed by atoms with van der Waals surface area (Å²) >= 11 is 1.15. The maximum Gasteiger partial charge on any atom is 0.277 e. The summed E-state index contributed by atoms with van der Waals surface area (Å²) in [7, 11) is 0. The molecule has 2 aromatic rings. The minimum absolute atomic E-state index is 0.00883. The number of carbonyl (C=O) groups excluding carboxylic acids is 1. The predicted molar refractivity (Wildman–Crippen MR) is 87.5 cm³/mol. The molecule has 0 radical (unpaired) electrons. The Morgan fingerprint density at radius 1 is 1.39 bits per heavy atom.